The monoisotopic (exact) mass is 778 g/mol. The van der Waals surface area contributed by atoms with Gasteiger partial charge in [0.2, 0.25) is 0 Å². The van der Waals surface area contributed by atoms with E-state index in [1.807, 2.05) is 0 Å². The molecule has 0 aliphatic heterocycles. The van der Waals surface area contributed by atoms with E-state index in [2.05, 4.69) is 105 Å². The lowest BCUT2D eigenvalue weighted by Crippen LogP contribution is -2.37. The molecule has 1 rings (SSSR count). The predicted octanol–water partition coefficient (Wildman–Crippen LogP) is 15.1. The van der Waals surface area contributed by atoms with Crippen LogP contribution >= 0.6 is 0 Å². The molecule has 4 heteroatoms. The Kier molecular flexibility index (Phi) is 39.6. The molecule has 0 saturated heterocycles. The summed E-state index contributed by atoms with van der Waals surface area (Å²) in [4.78, 5) is 2.33. The maximum absolute atomic E-state index is 9.98. The van der Waals surface area contributed by atoms with Crippen molar-refractivity contribution in [1.29, 1.82) is 0 Å². The van der Waals surface area contributed by atoms with E-state index in [0.717, 1.165) is 64.7 Å². The number of nitrogens with zero attached hydrogens (tertiary/aromatic N) is 1. The summed E-state index contributed by atoms with van der Waals surface area (Å²) in [7, 11) is 2.15. The van der Waals surface area contributed by atoms with Crippen LogP contribution in [0.1, 0.15) is 199 Å². The zero-order chi connectivity index (χ0) is 40.3. The Labute approximate surface area is 348 Å². The second-order valence-electron chi connectivity index (χ2n) is 16.2. The van der Waals surface area contributed by atoms with Crippen molar-refractivity contribution in [2.24, 2.45) is 0 Å². The lowest BCUT2D eigenvalue weighted by Gasteiger charge is -2.26. The number of hydrogen-bond donors (Lipinski definition) is 1. The first-order valence-corrected chi connectivity index (χ1v) is 23.9. The third kappa shape index (κ3) is 35.2. The van der Waals surface area contributed by atoms with E-state index in [4.69, 9.17) is 9.47 Å². The van der Waals surface area contributed by atoms with E-state index in [-0.39, 0.29) is 18.9 Å². The Bertz CT molecular complexity index is 1030. The molecular weight excluding hydrogens is 687 g/mol. The van der Waals surface area contributed by atoms with Crippen LogP contribution in [-0.2, 0) is 15.9 Å². The third-order valence-electron chi connectivity index (χ3n) is 10.9. The van der Waals surface area contributed by atoms with Gasteiger partial charge in [-0.1, -0.05) is 176 Å². The first-order valence-electron chi connectivity index (χ1n) is 23.9. The van der Waals surface area contributed by atoms with Crippen LogP contribution in [0.3, 0.4) is 0 Å². The van der Waals surface area contributed by atoms with E-state index in [1.165, 1.54) is 147 Å². The molecular formula is C52H91NO3. The zero-order valence-corrected chi connectivity index (χ0v) is 37.2. The smallest absolute Gasteiger partial charge is 0.157 e. The van der Waals surface area contributed by atoms with Gasteiger partial charge in [-0.15, -0.1) is 0 Å². The quantitative estimate of drug-likeness (QED) is 0.0408. The van der Waals surface area contributed by atoms with Gasteiger partial charge >= 0.3 is 0 Å². The van der Waals surface area contributed by atoms with Crippen LogP contribution in [0, 0.1) is 0 Å². The lowest BCUT2D eigenvalue weighted by molar-refractivity contribution is -0.148. The van der Waals surface area contributed by atoms with Gasteiger partial charge in [-0.25, -0.2) is 0 Å². The third-order valence-corrected chi connectivity index (χ3v) is 10.9. The van der Waals surface area contributed by atoms with Crippen LogP contribution in [0.25, 0.3) is 0 Å². The van der Waals surface area contributed by atoms with Gasteiger partial charge in [0.15, 0.2) is 6.29 Å². The fraction of sp³-hybridized carbons (Fsp3) is 0.731. The molecule has 2 atom stereocenters. The van der Waals surface area contributed by atoms with Crippen molar-refractivity contribution in [3.05, 3.63) is 84.5 Å². The van der Waals surface area contributed by atoms with Crippen LogP contribution in [0.2, 0.25) is 0 Å². The SMILES string of the molecule is CCCCC/C=C\C/C=C\CCCCCCCCOC(CCCCCCC/C=C\C/C=C\CCCCC)OCCCCCCN(C)C(CO)Cc1ccccc1. The molecule has 2 unspecified atom stereocenters. The summed E-state index contributed by atoms with van der Waals surface area (Å²) in [6.45, 7) is 7.36. The fourth-order valence-corrected chi connectivity index (χ4v) is 7.10. The van der Waals surface area contributed by atoms with Gasteiger partial charge in [0.1, 0.15) is 0 Å². The van der Waals surface area contributed by atoms with Crippen LogP contribution < -0.4 is 0 Å². The molecule has 1 aromatic carbocycles. The summed E-state index contributed by atoms with van der Waals surface area (Å²) >= 11 is 0. The molecule has 0 aliphatic carbocycles. The Morgan fingerprint density at radius 3 is 1.43 bits per heavy atom. The highest BCUT2D eigenvalue weighted by molar-refractivity contribution is 5.16. The Balaban J connectivity index is 2.24. The van der Waals surface area contributed by atoms with Gasteiger partial charge in [0.05, 0.1) is 6.61 Å². The Morgan fingerprint density at radius 2 is 0.946 bits per heavy atom. The molecule has 0 bridgehead atoms. The van der Waals surface area contributed by atoms with E-state index < -0.39 is 0 Å². The van der Waals surface area contributed by atoms with Gasteiger partial charge in [-0.3, -0.25) is 0 Å². The second kappa shape index (κ2) is 42.6. The van der Waals surface area contributed by atoms with Crippen LogP contribution in [0.4, 0.5) is 0 Å². The molecule has 4 nitrogen and oxygen atoms in total. The predicted molar refractivity (Wildman–Crippen MR) is 247 cm³/mol. The molecule has 0 radical (unpaired) electrons. The van der Waals surface area contributed by atoms with Crippen molar-refractivity contribution in [1.82, 2.24) is 4.90 Å². The highest BCUT2D eigenvalue weighted by Crippen LogP contribution is 2.15. The van der Waals surface area contributed by atoms with Crippen molar-refractivity contribution in [2.75, 3.05) is 33.4 Å². The lowest BCUT2D eigenvalue weighted by atomic mass is 10.1. The summed E-state index contributed by atoms with van der Waals surface area (Å²) in [5, 5.41) is 9.98. The van der Waals surface area contributed by atoms with E-state index in [1.54, 1.807) is 0 Å². The normalized spacial score (nSPS) is 13.4. The summed E-state index contributed by atoms with van der Waals surface area (Å²) in [5.74, 6) is 0. The van der Waals surface area contributed by atoms with Crippen molar-refractivity contribution < 1.29 is 14.6 Å². The Hall–Kier alpha value is -1.98. The number of unbranched alkanes of at least 4 members (excludes halogenated alkanes) is 20. The number of aliphatic hydroxyl groups is 1. The number of aliphatic hydroxyl groups excluding tert-OH is 1. The highest BCUT2D eigenvalue weighted by Gasteiger charge is 2.14. The van der Waals surface area contributed by atoms with Gasteiger partial charge in [-0.05, 0) is 122 Å². The Morgan fingerprint density at radius 1 is 0.518 bits per heavy atom. The van der Waals surface area contributed by atoms with Crippen molar-refractivity contribution >= 4 is 0 Å². The standard InChI is InChI=1S/C52H91NO3/c1-4-6-8-10-12-14-16-18-20-22-24-26-28-30-33-40-46-55-52(44-38-31-29-27-25-23-21-19-17-15-13-11-9-7-5-2)56-47-41-34-32-39-45-53(3)51(49-54)48-50-42-36-35-37-43-50/h12-15,18-21,35-37,42-43,51-52,54H,4-11,16-17,22-34,38-41,44-49H2,1-3H3/b14-12-,15-13-,20-18-,21-19-. The largest absolute Gasteiger partial charge is 0.395 e. The van der Waals surface area contributed by atoms with E-state index >= 15 is 0 Å². The summed E-state index contributed by atoms with van der Waals surface area (Å²) in [5.41, 5.74) is 1.29. The molecule has 1 aromatic rings. The van der Waals surface area contributed by atoms with Crippen LogP contribution in [-0.4, -0.2) is 55.8 Å². The molecule has 0 aromatic heterocycles. The number of allylic oxidation sites excluding steroid dienone is 8. The first kappa shape index (κ1) is 52.0. The maximum atomic E-state index is 9.98. The average molecular weight is 778 g/mol. The van der Waals surface area contributed by atoms with Gasteiger partial charge in [0.25, 0.3) is 0 Å². The molecule has 56 heavy (non-hydrogen) atoms. The molecule has 0 spiro atoms. The van der Waals surface area contributed by atoms with Crippen LogP contribution in [0.5, 0.6) is 0 Å². The number of hydrogen-bond acceptors (Lipinski definition) is 4. The number of rotatable bonds is 42. The number of benzene rings is 1. The van der Waals surface area contributed by atoms with Crippen molar-refractivity contribution in [2.45, 2.75) is 212 Å². The van der Waals surface area contributed by atoms with Crippen LogP contribution in [0.15, 0.2) is 78.9 Å². The number of likely N-dealkylation sites (N-methyl/N-ethyl adjacent to an activating group) is 1. The maximum Gasteiger partial charge on any atom is 0.157 e. The number of ether oxygens (including phenoxy) is 2. The minimum Gasteiger partial charge on any atom is -0.395 e. The van der Waals surface area contributed by atoms with Gasteiger partial charge < -0.3 is 19.5 Å². The summed E-state index contributed by atoms with van der Waals surface area (Å²) < 4.78 is 12.7. The van der Waals surface area contributed by atoms with Crippen molar-refractivity contribution in [3.63, 3.8) is 0 Å². The molecule has 0 fully saturated rings. The fourth-order valence-electron chi connectivity index (χ4n) is 7.10. The molecule has 0 heterocycles. The van der Waals surface area contributed by atoms with Gasteiger partial charge in [-0.2, -0.15) is 0 Å². The van der Waals surface area contributed by atoms with E-state index in [9.17, 15) is 5.11 Å². The highest BCUT2D eigenvalue weighted by atomic mass is 16.7. The van der Waals surface area contributed by atoms with E-state index in [0.29, 0.717) is 0 Å². The topological polar surface area (TPSA) is 41.9 Å². The molecule has 0 saturated carbocycles. The molecule has 322 valence electrons. The minimum atomic E-state index is -0.0552. The summed E-state index contributed by atoms with van der Waals surface area (Å²) in [6, 6.07) is 10.7. The zero-order valence-electron chi connectivity index (χ0n) is 37.2. The second-order valence-corrected chi connectivity index (χ2v) is 16.2. The van der Waals surface area contributed by atoms with Gasteiger partial charge in [0, 0.05) is 19.3 Å². The van der Waals surface area contributed by atoms with Crippen molar-refractivity contribution in [3.8, 4) is 0 Å². The molecule has 1 N–H and O–H groups in total. The summed E-state index contributed by atoms with van der Waals surface area (Å²) in [6.07, 6.45) is 54.3. The minimum absolute atomic E-state index is 0.0552. The average Bonchev–Trinajstić information content (AvgIpc) is 3.22. The molecule has 0 aliphatic rings. The first-order chi connectivity index (χ1) is 27.7. The molecule has 0 amide bonds.